The zero-order valence-electron chi connectivity index (χ0n) is 11.1. The summed E-state index contributed by atoms with van der Waals surface area (Å²) in [6.07, 6.45) is 3.08. The van der Waals surface area contributed by atoms with Gasteiger partial charge in [-0.3, -0.25) is 4.98 Å². The average Bonchev–Trinajstić information content (AvgIpc) is 2.43. The minimum Gasteiger partial charge on any atom is -0.478 e. The molecule has 3 N–H and O–H groups in total. The van der Waals surface area contributed by atoms with E-state index in [4.69, 9.17) is 5.11 Å². The number of nitrogens with zero attached hydrogens (tertiary/aromatic N) is 1. The molecular formula is C14H12FN3O3. The number of aryl methyl sites for hydroxylation is 1. The normalized spacial score (nSPS) is 10.0. The van der Waals surface area contributed by atoms with Crippen molar-refractivity contribution in [2.45, 2.75) is 6.92 Å². The zero-order valence-corrected chi connectivity index (χ0v) is 11.1. The monoisotopic (exact) mass is 289 g/mol. The Morgan fingerprint density at radius 3 is 2.67 bits per heavy atom. The Bertz CT molecular complexity index is 704. The summed E-state index contributed by atoms with van der Waals surface area (Å²) in [4.78, 5) is 26.5. The highest BCUT2D eigenvalue weighted by atomic mass is 19.1. The summed E-state index contributed by atoms with van der Waals surface area (Å²) in [6.45, 7) is 1.80. The third-order valence-corrected chi connectivity index (χ3v) is 2.74. The smallest absolute Gasteiger partial charge is 0.338 e. The summed E-state index contributed by atoms with van der Waals surface area (Å²) in [6, 6.07) is 4.46. The number of pyridine rings is 1. The minimum atomic E-state index is -1.40. The van der Waals surface area contributed by atoms with E-state index in [1.165, 1.54) is 12.3 Å². The van der Waals surface area contributed by atoms with E-state index in [0.29, 0.717) is 5.69 Å². The number of carbonyl (C=O) groups is 2. The van der Waals surface area contributed by atoms with Crippen molar-refractivity contribution in [3.63, 3.8) is 0 Å². The molecule has 6 nitrogen and oxygen atoms in total. The molecule has 0 fully saturated rings. The Morgan fingerprint density at radius 2 is 2.00 bits per heavy atom. The average molecular weight is 289 g/mol. The molecule has 0 aliphatic carbocycles. The van der Waals surface area contributed by atoms with Gasteiger partial charge in [-0.25, -0.2) is 14.0 Å². The lowest BCUT2D eigenvalue weighted by Crippen LogP contribution is -2.20. The number of carbonyl (C=O) groups excluding carboxylic acids is 1. The van der Waals surface area contributed by atoms with E-state index in [0.717, 1.165) is 17.7 Å². The van der Waals surface area contributed by atoms with Gasteiger partial charge in [-0.15, -0.1) is 0 Å². The number of carboxylic acid groups (broad SMARTS) is 1. The van der Waals surface area contributed by atoms with Gasteiger partial charge in [-0.05, 0) is 36.8 Å². The molecule has 7 heteroatoms. The standard InChI is InChI=1S/C14H12FN3O3/c1-8-4-5-16-7-12(8)18-14(21)17-9-2-3-11(15)10(6-9)13(19)20/h2-7H,1H3,(H,19,20)(H2,17,18,21). The van der Waals surface area contributed by atoms with Gasteiger partial charge in [0.05, 0.1) is 17.4 Å². The fourth-order valence-electron chi connectivity index (χ4n) is 1.65. The van der Waals surface area contributed by atoms with Crippen LogP contribution in [0.3, 0.4) is 0 Å². The highest BCUT2D eigenvalue weighted by Gasteiger charge is 2.12. The molecule has 0 atom stereocenters. The number of amides is 2. The highest BCUT2D eigenvalue weighted by molar-refractivity contribution is 6.01. The van der Waals surface area contributed by atoms with Gasteiger partial charge in [0.25, 0.3) is 0 Å². The number of benzene rings is 1. The van der Waals surface area contributed by atoms with Crippen molar-refractivity contribution >= 4 is 23.4 Å². The van der Waals surface area contributed by atoms with Crippen molar-refractivity contribution in [3.8, 4) is 0 Å². The zero-order chi connectivity index (χ0) is 15.4. The van der Waals surface area contributed by atoms with E-state index in [1.807, 2.05) is 0 Å². The van der Waals surface area contributed by atoms with Crippen molar-refractivity contribution < 1.29 is 19.1 Å². The molecule has 2 aromatic rings. The molecule has 0 aliphatic heterocycles. The maximum absolute atomic E-state index is 13.2. The molecule has 21 heavy (non-hydrogen) atoms. The van der Waals surface area contributed by atoms with E-state index < -0.39 is 23.4 Å². The molecule has 1 aromatic heterocycles. The van der Waals surface area contributed by atoms with Crippen molar-refractivity contribution in [3.05, 3.63) is 53.6 Å². The van der Waals surface area contributed by atoms with Crippen LogP contribution in [0.1, 0.15) is 15.9 Å². The van der Waals surface area contributed by atoms with Crippen molar-refractivity contribution in [2.75, 3.05) is 10.6 Å². The molecule has 2 amide bonds. The van der Waals surface area contributed by atoms with E-state index in [-0.39, 0.29) is 5.69 Å². The summed E-state index contributed by atoms with van der Waals surface area (Å²) in [7, 11) is 0. The molecule has 1 aromatic carbocycles. The van der Waals surface area contributed by atoms with Crippen LogP contribution in [0.25, 0.3) is 0 Å². The van der Waals surface area contributed by atoms with Gasteiger partial charge in [0, 0.05) is 11.9 Å². The predicted molar refractivity (Wildman–Crippen MR) is 75.0 cm³/mol. The first-order valence-corrected chi connectivity index (χ1v) is 5.99. The molecular weight excluding hydrogens is 277 g/mol. The van der Waals surface area contributed by atoms with E-state index >= 15 is 0 Å². The number of rotatable bonds is 3. The Labute approximate surface area is 119 Å². The number of anilines is 2. The van der Waals surface area contributed by atoms with Gasteiger partial charge >= 0.3 is 12.0 Å². The fourth-order valence-corrected chi connectivity index (χ4v) is 1.65. The molecule has 0 spiro atoms. The van der Waals surface area contributed by atoms with E-state index in [1.54, 1.807) is 19.2 Å². The fraction of sp³-hybridized carbons (Fsp3) is 0.0714. The third kappa shape index (κ3) is 3.53. The molecule has 0 radical (unpaired) electrons. The number of halogens is 1. The second kappa shape index (κ2) is 6.00. The summed E-state index contributed by atoms with van der Waals surface area (Å²) >= 11 is 0. The number of aromatic carboxylic acids is 1. The SMILES string of the molecule is Cc1ccncc1NC(=O)Nc1ccc(F)c(C(=O)O)c1. The maximum Gasteiger partial charge on any atom is 0.338 e. The van der Waals surface area contributed by atoms with Crippen LogP contribution in [0.5, 0.6) is 0 Å². The van der Waals surface area contributed by atoms with Crippen molar-refractivity contribution in [1.29, 1.82) is 0 Å². The lowest BCUT2D eigenvalue weighted by atomic mass is 10.2. The predicted octanol–water partition coefficient (Wildman–Crippen LogP) is 2.87. The number of hydrogen-bond acceptors (Lipinski definition) is 3. The highest BCUT2D eigenvalue weighted by Crippen LogP contribution is 2.16. The first kappa shape index (κ1) is 14.4. The second-order valence-electron chi connectivity index (χ2n) is 4.27. The van der Waals surface area contributed by atoms with Crippen LogP contribution in [0.4, 0.5) is 20.6 Å². The van der Waals surface area contributed by atoms with E-state index in [9.17, 15) is 14.0 Å². The maximum atomic E-state index is 13.2. The molecule has 0 unspecified atom stereocenters. The Balaban J connectivity index is 2.12. The number of aromatic nitrogens is 1. The Hall–Kier alpha value is -2.96. The number of nitrogens with one attached hydrogen (secondary N) is 2. The second-order valence-corrected chi connectivity index (χ2v) is 4.27. The van der Waals surface area contributed by atoms with Crippen LogP contribution < -0.4 is 10.6 Å². The lowest BCUT2D eigenvalue weighted by molar-refractivity contribution is 0.0692. The van der Waals surface area contributed by atoms with Gasteiger partial charge < -0.3 is 15.7 Å². The van der Waals surface area contributed by atoms with Crippen molar-refractivity contribution in [2.24, 2.45) is 0 Å². The molecule has 0 aliphatic rings. The van der Waals surface area contributed by atoms with Crippen LogP contribution in [0, 0.1) is 12.7 Å². The largest absolute Gasteiger partial charge is 0.478 e. The van der Waals surface area contributed by atoms with Gasteiger partial charge in [0.2, 0.25) is 0 Å². The summed E-state index contributed by atoms with van der Waals surface area (Å²) < 4.78 is 13.2. The molecule has 1 heterocycles. The Morgan fingerprint density at radius 1 is 1.24 bits per heavy atom. The minimum absolute atomic E-state index is 0.174. The molecule has 108 valence electrons. The van der Waals surface area contributed by atoms with Crippen LogP contribution in [-0.2, 0) is 0 Å². The molecule has 0 saturated carbocycles. The number of carboxylic acids is 1. The topological polar surface area (TPSA) is 91.3 Å². The first-order valence-electron chi connectivity index (χ1n) is 5.99. The lowest BCUT2D eigenvalue weighted by Gasteiger charge is -2.10. The summed E-state index contributed by atoms with van der Waals surface area (Å²) in [5.74, 6) is -2.27. The molecule has 2 rings (SSSR count). The van der Waals surface area contributed by atoms with Crippen LogP contribution in [0.15, 0.2) is 36.7 Å². The van der Waals surface area contributed by atoms with Crippen LogP contribution >= 0.6 is 0 Å². The van der Waals surface area contributed by atoms with E-state index in [2.05, 4.69) is 15.6 Å². The van der Waals surface area contributed by atoms with Crippen LogP contribution in [-0.4, -0.2) is 22.1 Å². The van der Waals surface area contributed by atoms with Gasteiger partial charge in [-0.1, -0.05) is 0 Å². The van der Waals surface area contributed by atoms with Gasteiger partial charge in [0.15, 0.2) is 0 Å². The summed E-state index contributed by atoms with van der Waals surface area (Å²) in [5.41, 5.74) is 1.01. The van der Waals surface area contributed by atoms with Gasteiger partial charge in [-0.2, -0.15) is 0 Å². The van der Waals surface area contributed by atoms with Crippen molar-refractivity contribution in [1.82, 2.24) is 4.98 Å². The Kier molecular flexibility index (Phi) is 4.13. The summed E-state index contributed by atoms with van der Waals surface area (Å²) in [5, 5.41) is 13.8. The van der Waals surface area contributed by atoms with Gasteiger partial charge in [0.1, 0.15) is 5.82 Å². The third-order valence-electron chi connectivity index (χ3n) is 2.74. The number of hydrogen-bond donors (Lipinski definition) is 3. The first-order chi connectivity index (χ1) is 9.97. The molecule has 0 bridgehead atoms. The van der Waals surface area contributed by atoms with Crippen LogP contribution in [0.2, 0.25) is 0 Å². The molecule has 0 saturated heterocycles. The quantitative estimate of drug-likeness (QED) is 0.810. The number of urea groups is 1.